The summed E-state index contributed by atoms with van der Waals surface area (Å²) in [6.07, 6.45) is 0. The summed E-state index contributed by atoms with van der Waals surface area (Å²) < 4.78 is 0. The van der Waals surface area contributed by atoms with E-state index >= 15 is 0 Å². The first-order valence-electron chi connectivity index (χ1n) is 7.76. The molecule has 1 unspecified atom stereocenters. The van der Waals surface area contributed by atoms with Crippen LogP contribution < -0.4 is 17.3 Å². The lowest BCUT2D eigenvalue weighted by atomic mass is 9.98. The number of carbonyl (C=O) groups is 1. The van der Waals surface area contributed by atoms with E-state index in [0.717, 1.165) is 17.7 Å². The number of hydrogen-bond acceptors (Lipinski definition) is 2. The maximum absolute atomic E-state index is 12.7. The zero-order valence-corrected chi connectivity index (χ0v) is 14.4. The second kappa shape index (κ2) is 9.46. The lowest BCUT2D eigenvalue weighted by Crippen LogP contribution is -3.14. The number of aliphatic hydroxyl groups excluding tert-OH is 1. The summed E-state index contributed by atoms with van der Waals surface area (Å²) in [5.41, 5.74) is 2.50. The molecule has 2 rings (SSSR count). The molecule has 0 aliphatic rings. The highest BCUT2D eigenvalue weighted by molar-refractivity contribution is 6.09. The van der Waals surface area contributed by atoms with Gasteiger partial charge in [-0.1, -0.05) is 54.6 Å². The molecule has 0 aromatic heterocycles. The number of hydrogen-bond donors (Lipinski definition) is 2. The molecule has 3 nitrogen and oxygen atoms in total. The molecule has 0 heterocycles. The van der Waals surface area contributed by atoms with Crippen molar-refractivity contribution in [1.29, 1.82) is 0 Å². The van der Waals surface area contributed by atoms with Crippen LogP contribution in [0, 0.1) is 0 Å². The van der Waals surface area contributed by atoms with E-state index in [1.165, 1.54) is 4.90 Å². The van der Waals surface area contributed by atoms with Crippen molar-refractivity contribution in [2.45, 2.75) is 26.4 Å². The topological polar surface area (TPSA) is 41.7 Å². The van der Waals surface area contributed by atoms with Gasteiger partial charge in [0.25, 0.3) is 0 Å². The minimum atomic E-state index is 0. The molecule has 2 aromatic carbocycles. The molecule has 0 aliphatic heterocycles. The monoisotopic (exact) mass is 333 g/mol. The van der Waals surface area contributed by atoms with Gasteiger partial charge in [-0.3, -0.25) is 4.79 Å². The fourth-order valence-corrected chi connectivity index (χ4v) is 2.61. The van der Waals surface area contributed by atoms with Crippen molar-refractivity contribution in [1.82, 2.24) is 0 Å². The van der Waals surface area contributed by atoms with Crippen LogP contribution in [0.5, 0.6) is 0 Å². The molecule has 23 heavy (non-hydrogen) atoms. The van der Waals surface area contributed by atoms with Crippen molar-refractivity contribution in [2.24, 2.45) is 0 Å². The highest BCUT2D eigenvalue weighted by Gasteiger charge is 2.18. The van der Waals surface area contributed by atoms with Gasteiger partial charge in [-0.05, 0) is 13.8 Å². The Morgan fingerprint density at radius 2 is 1.65 bits per heavy atom. The Hall–Kier alpha value is -1.68. The summed E-state index contributed by atoms with van der Waals surface area (Å²) in [7, 11) is 0. The minimum absolute atomic E-state index is 0. The Morgan fingerprint density at radius 1 is 1.04 bits per heavy atom. The summed E-state index contributed by atoms with van der Waals surface area (Å²) >= 11 is 0. The number of benzene rings is 2. The van der Waals surface area contributed by atoms with Crippen molar-refractivity contribution in [2.75, 3.05) is 13.2 Å². The van der Waals surface area contributed by atoms with E-state index in [9.17, 15) is 9.90 Å². The lowest BCUT2D eigenvalue weighted by molar-refractivity contribution is -0.935. The van der Waals surface area contributed by atoms with Crippen molar-refractivity contribution < 1.29 is 27.2 Å². The standard InChI is InChI=1S/C19H23NO2.ClH/c1-15(2)20(12-13-21)14-17-10-6-7-11-18(17)19(22)16-8-4-3-5-9-16;/h3-11,15,21H,12-14H2,1-2H3;1H. The van der Waals surface area contributed by atoms with Gasteiger partial charge in [0, 0.05) is 16.7 Å². The summed E-state index contributed by atoms with van der Waals surface area (Å²) in [5.74, 6) is 0.0586. The third-order valence-corrected chi connectivity index (χ3v) is 3.96. The molecule has 0 spiro atoms. The molecule has 0 radical (unpaired) electrons. The third kappa shape index (κ3) is 5.17. The van der Waals surface area contributed by atoms with E-state index in [4.69, 9.17) is 0 Å². The van der Waals surface area contributed by atoms with E-state index in [2.05, 4.69) is 13.8 Å². The largest absolute Gasteiger partial charge is 1.00 e. The summed E-state index contributed by atoms with van der Waals surface area (Å²) in [6.45, 7) is 5.85. The van der Waals surface area contributed by atoms with Crippen LogP contribution in [0.15, 0.2) is 54.6 Å². The van der Waals surface area contributed by atoms with Crippen molar-refractivity contribution in [3.05, 3.63) is 71.3 Å². The van der Waals surface area contributed by atoms with Gasteiger partial charge in [0.1, 0.15) is 13.1 Å². The van der Waals surface area contributed by atoms with Crippen LogP contribution in [-0.2, 0) is 6.54 Å². The molecule has 2 N–H and O–H groups in total. The number of rotatable bonds is 7. The van der Waals surface area contributed by atoms with E-state index in [1.54, 1.807) is 0 Å². The van der Waals surface area contributed by atoms with Crippen LogP contribution in [0.4, 0.5) is 0 Å². The van der Waals surface area contributed by atoms with Gasteiger partial charge in [-0.15, -0.1) is 0 Å². The molecule has 0 saturated carbocycles. The highest BCUT2D eigenvalue weighted by Crippen LogP contribution is 2.14. The molecule has 124 valence electrons. The van der Waals surface area contributed by atoms with E-state index < -0.39 is 0 Å². The van der Waals surface area contributed by atoms with Crippen LogP contribution in [0.3, 0.4) is 0 Å². The van der Waals surface area contributed by atoms with Gasteiger partial charge in [-0.2, -0.15) is 0 Å². The van der Waals surface area contributed by atoms with Crippen molar-refractivity contribution >= 4 is 5.78 Å². The molecule has 2 aromatic rings. The summed E-state index contributed by atoms with van der Waals surface area (Å²) in [4.78, 5) is 14.0. The zero-order valence-electron chi connectivity index (χ0n) is 13.6. The fourth-order valence-electron chi connectivity index (χ4n) is 2.61. The van der Waals surface area contributed by atoms with Gasteiger partial charge in [-0.25, -0.2) is 0 Å². The number of nitrogens with one attached hydrogen (secondary N) is 1. The molecule has 0 aliphatic carbocycles. The average Bonchev–Trinajstić information content (AvgIpc) is 2.55. The minimum Gasteiger partial charge on any atom is -1.00 e. The number of carbonyl (C=O) groups excluding carboxylic acids is 1. The molecule has 0 amide bonds. The summed E-state index contributed by atoms with van der Waals surface area (Å²) in [6, 6.07) is 17.5. The fraction of sp³-hybridized carbons (Fsp3) is 0.316. The van der Waals surface area contributed by atoms with Crippen molar-refractivity contribution in [3.63, 3.8) is 0 Å². The Morgan fingerprint density at radius 3 is 2.26 bits per heavy atom. The van der Waals surface area contributed by atoms with Crippen LogP contribution in [0.2, 0.25) is 0 Å². The number of halogens is 1. The van der Waals surface area contributed by atoms with Crippen LogP contribution >= 0.6 is 0 Å². The predicted octanol–water partition coefficient (Wildman–Crippen LogP) is -1.29. The van der Waals surface area contributed by atoms with Crippen LogP contribution in [0.1, 0.15) is 35.3 Å². The number of ketones is 1. The van der Waals surface area contributed by atoms with Crippen LogP contribution in [-0.4, -0.2) is 30.1 Å². The molecular weight excluding hydrogens is 310 g/mol. The zero-order chi connectivity index (χ0) is 15.9. The van der Waals surface area contributed by atoms with Crippen molar-refractivity contribution in [3.8, 4) is 0 Å². The molecule has 4 heteroatoms. The third-order valence-electron chi connectivity index (χ3n) is 3.96. The van der Waals surface area contributed by atoms with Gasteiger partial charge in [0.15, 0.2) is 5.78 Å². The summed E-state index contributed by atoms with van der Waals surface area (Å²) in [5, 5.41) is 9.23. The Bertz CT molecular complexity index is 614. The number of aliphatic hydroxyl groups is 1. The predicted molar refractivity (Wildman–Crippen MR) is 88.1 cm³/mol. The van der Waals surface area contributed by atoms with E-state index in [0.29, 0.717) is 18.2 Å². The van der Waals surface area contributed by atoms with E-state index in [1.807, 2.05) is 54.6 Å². The van der Waals surface area contributed by atoms with Gasteiger partial charge in [0.2, 0.25) is 0 Å². The first kappa shape index (κ1) is 19.4. The molecule has 1 atom stereocenters. The smallest absolute Gasteiger partial charge is 0.193 e. The second-order valence-corrected chi connectivity index (χ2v) is 5.82. The lowest BCUT2D eigenvalue weighted by Gasteiger charge is -2.23. The maximum Gasteiger partial charge on any atom is 0.193 e. The number of quaternary nitrogens is 1. The SMILES string of the molecule is CC(C)[NH+](CCO)Cc1ccccc1C(=O)c1ccccc1.[Cl-]. The quantitative estimate of drug-likeness (QED) is 0.619. The Labute approximate surface area is 144 Å². The molecular formula is C19H24ClNO2. The normalized spacial score (nSPS) is 11.8. The van der Waals surface area contributed by atoms with Gasteiger partial charge < -0.3 is 22.4 Å². The second-order valence-electron chi connectivity index (χ2n) is 5.82. The first-order chi connectivity index (χ1) is 10.6. The van der Waals surface area contributed by atoms with Crippen LogP contribution in [0.25, 0.3) is 0 Å². The Balaban J connectivity index is 0.00000264. The molecule has 0 fully saturated rings. The Kier molecular flexibility index (Phi) is 7.96. The van der Waals surface area contributed by atoms with E-state index in [-0.39, 0.29) is 24.8 Å². The molecule has 0 saturated heterocycles. The van der Waals surface area contributed by atoms with Gasteiger partial charge >= 0.3 is 0 Å². The molecule has 0 bridgehead atoms. The average molecular weight is 334 g/mol. The van der Waals surface area contributed by atoms with Gasteiger partial charge in [0.05, 0.1) is 12.6 Å². The maximum atomic E-state index is 12.7. The first-order valence-corrected chi connectivity index (χ1v) is 7.76. The highest BCUT2D eigenvalue weighted by atomic mass is 35.5.